The van der Waals surface area contributed by atoms with Crippen LogP contribution in [-0.4, -0.2) is 32.8 Å². The number of benzene rings is 2. The molecule has 0 bridgehead atoms. The number of nitrogens with one attached hydrogen (secondary N) is 2. The molecule has 0 spiro atoms. The zero-order chi connectivity index (χ0) is 19.4. The van der Waals surface area contributed by atoms with Crippen LogP contribution in [0.5, 0.6) is 0 Å². The third kappa shape index (κ3) is 4.56. The molecule has 1 aliphatic heterocycles. The fraction of sp³-hybridized carbons (Fsp3) is 0.381. The van der Waals surface area contributed by atoms with Gasteiger partial charge in [0.1, 0.15) is 0 Å². The number of sulfonamides is 1. The molecule has 0 amide bonds. The number of hydrogen-bond donors (Lipinski definition) is 2. The van der Waals surface area contributed by atoms with E-state index in [1.165, 1.54) is 0 Å². The predicted molar refractivity (Wildman–Crippen MR) is 108 cm³/mol. The minimum absolute atomic E-state index is 0.0978. The number of rotatable bonds is 5. The number of piperidine rings is 1. The molecule has 142 valence electrons. The molecule has 2 aromatic rings. The quantitative estimate of drug-likeness (QED) is 0.832. The largest absolute Gasteiger partial charge is 0.316 e. The van der Waals surface area contributed by atoms with Gasteiger partial charge in [0.25, 0.3) is 0 Å². The van der Waals surface area contributed by atoms with Crippen LogP contribution in [-0.2, 0) is 10.0 Å². The molecule has 2 N–H and O–H groups in total. The maximum atomic E-state index is 12.3. The van der Waals surface area contributed by atoms with E-state index in [0.717, 1.165) is 36.2 Å². The summed E-state index contributed by atoms with van der Waals surface area (Å²) < 4.78 is 27.5. The summed E-state index contributed by atoms with van der Waals surface area (Å²) in [6, 6.07) is 17.8. The van der Waals surface area contributed by atoms with E-state index < -0.39 is 15.3 Å². The second kappa shape index (κ2) is 8.22. The lowest BCUT2D eigenvalue weighted by Gasteiger charge is -2.33. The lowest BCUT2D eigenvalue weighted by atomic mass is 9.87. The van der Waals surface area contributed by atoms with E-state index in [-0.39, 0.29) is 12.0 Å². The van der Waals surface area contributed by atoms with Gasteiger partial charge in [0.15, 0.2) is 0 Å². The standard InChI is InChI=1S/C21H25N3O2S/c1-15(2)27(25,26)24-21-11-12-23-14-20(21)19-9-7-18(8-10-19)17-5-3-16(13-22)4-6-17/h3-10,15,20-21,23-24H,11-12,14H2,1-2H3/t20-,21+/m0/s1. The Kier molecular flexibility index (Phi) is 5.95. The molecule has 1 fully saturated rings. The Hall–Kier alpha value is -2.20. The fourth-order valence-electron chi connectivity index (χ4n) is 3.36. The van der Waals surface area contributed by atoms with Gasteiger partial charge >= 0.3 is 0 Å². The average Bonchev–Trinajstić information content (AvgIpc) is 2.68. The van der Waals surface area contributed by atoms with Gasteiger partial charge < -0.3 is 5.32 Å². The van der Waals surface area contributed by atoms with Crippen LogP contribution in [0.3, 0.4) is 0 Å². The van der Waals surface area contributed by atoms with Gasteiger partial charge in [-0.2, -0.15) is 5.26 Å². The van der Waals surface area contributed by atoms with Crippen molar-refractivity contribution in [2.45, 2.75) is 37.5 Å². The summed E-state index contributed by atoms with van der Waals surface area (Å²) in [4.78, 5) is 0. The first-order valence-electron chi connectivity index (χ1n) is 9.23. The highest BCUT2D eigenvalue weighted by atomic mass is 32.2. The first-order chi connectivity index (χ1) is 12.9. The topological polar surface area (TPSA) is 82.0 Å². The number of hydrogen-bond acceptors (Lipinski definition) is 4. The monoisotopic (exact) mass is 383 g/mol. The van der Waals surface area contributed by atoms with E-state index in [1.807, 2.05) is 24.3 Å². The Morgan fingerprint density at radius 1 is 1.07 bits per heavy atom. The molecular weight excluding hydrogens is 358 g/mol. The Bertz CT molecular complexity index is 913. The van der Waals surface area contributed by atoms with Gasteiger partial charge in [-0.1, -0.05) is 36.4 Å². The Labute approximate surface area is 161 Å². The molecule has 2 atom stereocenters. The van der Waals surface area contributed by atoms with Crippen molar-refractivity contribution in [1.29, 1.82) is 5.26 Å². The highest BCUT2D eigenvalue weighted by Crippen LogP contribution is 2.28. The Morgan fingerprint density at radius 2 is 1.67 bits per heavy atom. The molecule has 6 heteroatoms. The first kappa shape index (κ1) is 19.6. The van der Waals surface area contributed by atoms with Crippen LogP contribution >= 0.6 is 0 Å². The molecule has 0 unspecified atom stereocenters. The second-order valence-corrected chi connectivity index (χ2v) is 9.50. The van der Waals surface area contributed by atoms with Crippen molar-refractivity contribution < 1.29 is 8.42 Å². The third-order valence-electron chi connectivity index (χ3n) is 5.10. The molecule has 1 saturated heterocycles. The molecule has 5 nitrogen and oxygen atoms in total. The van der Waals surface area contributed by atoms with E-state index in [2.05, 4.69) is 40.4 Å². The normalized spacial score (nSPS) is 20.4. The third-order valence-corrected chi connectivity index (χ3v) is 6.98. The van der Waals surface area contributed by atoms with Crippen molar-refractivity contribution >= 4 is 10.0 Å². The van der Waals surface area contributed by atoms with Crippen molar-refractivity contribution in [2.24, 2.45) is 0 Å². The van der Waals surface area contributed by atoms with Gasteiger partial charge in [-0.15, -0.1) is 0 Å². The highest BCUT2D eigenvalue weighted by molar-refractivity contribution is 7.90. The van der Waals surface area contributed by atoms with Crippen molar-refractivity contribution in [3.05, 3.63) is 59.7 Å². The van der Waals surface area contributed by atoms with Gasteiger partial charge in [0.05, 0.1) is 16.9 Å². The van der Waals surface area contributed by atoms with Crippen molar-refractivity contribution in [1.82, 2.24) is 10.0 Å². The van der Waals surface area contributed by atoms with Crippen LogP contribution in [0.2, 0.25) is 0 Å². The van der Waals surface area contributed by atoms with Crippen LogP contribution in [0.1, 0.15) is 37.3 Å². The van der Waals surface area contributed by atoms with Gasteiger partial charge in [-0.05, 0) is 55.6 Å². The molecule has 1 heterocycles. The molecule has 0 aliphatic carbocycles. The Balaban J connectivity index is 1.80. The molecular formula is C21H25N3O2S. The summed E-state index contributed by atoms with van der Waals surface area (Å²) in [5.41, 5.74) is 3.89. The van der Waals surface area contributed by atoms with Gasteiger partial charge in [-0.25, -0.2) is 13.1 Å². The Morgan fingerprint density at radius 3 is 2.22 bits per heavy atom. The van der Waals surface area contributed by atoms with Gasteiger partial charge in [-0.3, -0.25) is 0 Å². The predicted octanol–water partition coefficient (Wildman–Crippen LogP) is 3.00. The number of nitriles is 1. The first-order valence-corrected chi connectivity index (χ1v) is 10.8. The zero-order valence-electron chi connectivity index (χ0n) is 15.6. The van der Waals surface area contributed by atoms with E-state index in [9.17, 15) is 8.42 Å². The van der Waals surface area contributed by atoms with Gasteiger partial charge in [0, 0.05) is 18.5 Å². The summed E-state index contributed by atoms with van der Waals surface area (Å²) in [5.74, 6) is 0.0993. The summed E-state index contributed by atoms with van der Waals surface area (Å²) in [7, 11) is -3.30. The second-order valence-electron chi connectivity index (χ2n) is 7.23. The SMILES string of the molecule is CC(C)S(=O)(=O)N[C@@H]1CCNC[C@H]1c1ccc(-c2ccc(C#N)cc2)cc1. The molecule has 3 rings (SSSR count). The maximum Gasteiger partial charge on any atom is 0.214 e. The lowest BCUT2D eigenvalue weighted by molar-refractivity contribution is 0.377. The van der Waals surface area contributed by atoms with E-state index in [0.29, 0.717) is 5.56 Å². The van der Waals surface area contributed by atoms with Crippen LogP contribution in [0.15, 0.2) is 48.5 Å². The maximum absolute atomic E-state index is 12.3. The summed E-state index contributed by atoms with van der Waals surface area (Å²) in [5, 5.41) is 11.8. The van der Waals surface area contributed by atoms with Crippen LogP contribution in [0.4, 0.5) is 0 Å². The number of nitrogens with zero attached hydrogens (tertiary/aromatic N) is 1. The van der Waals surface area contributed by atoms with E-state index in [4.69, 9.17) is 5.26 Å². The summed E-state index contributed by atoms with van der Waals surface area (Å²) in [6.07, 6.45) is 0.772. The van der Waals surface area contributed by atoms with Gasteiger partial charge in [0.2, 0.25) is 10.0 Å². The van der Waals surface area contributed by atoms with E-state index in [1.54, 1.807) is 13.8 Å². The van der Waals surface area contributed by atoms with Crippen LogP contribution in [0.25, 0.3) is 11.1 Å². The van der Waals surface area contributed by atoms with Crippen molar-refractivity contribution in [2.75, 3.05) is 13.1 Å². The lowest BCUT2D eigenvalue weighted by Crippen LogP contribution is -2.49. The highest BCUT2D eigenvalue weighted by Gasteiger charge is 2.30. The minimum Gasteiger partial charge on any atom is -0.316 e. The molecule has 0 radical (unpaired) electrons. The summed E-state index contributed by atoms with van der Waals surface area (Å²) in [6.45, 7) is 4.96. The van der Waals surface area contributed by atoms with Crippen LogP contribution in [0, 0.1) is 11.3 Å². The molecule has 0 saturated carbocycles. The molecule has 27 heavy (non-hydrogen) atoms. The fourth-order valence-corrected chi connectivity index (χ4v) is 4.33. The smallest absolute Gasteiger partial charge is 0.214 e. The molecule has 0 aromatic heterocycles. The molecule has 2 aromatic carbocycles. The zero-order valence-corrected chi connectivity index (χ0v) is 16.5. The molecule has 1 aliphatic rings. The average molecular weight is 384 g/mol. The van der Waals surface area contributed by atoms with Crippen molar-refractivity contribution in [3.8, 4) is 17.2 Å². The van der Waals surface area contributed by atoms with Crippen LogP contribution < -0.4 is 10.0 Å². The van der Waals surface area contributed by atoms with E-state index >= 15 is 0 Å². The summed E-state index contributed by atoms with van der Waals surface area (Å²) >= 11 is 0. The van der Waals surface area contributed by atoms with Crippen molar-refractivity contribution in [3.63, 3.8) is 0 Å². The minimum atomic E-state index is -3.30.